The number of fused-ring (bicyclic) bond motifs is 1. The van der Waals surface area contributed by atoms with Crippen LogP contribution in [0.15, 0.2) is 58.4 Å². The van der Waals surface area contributed by atoms with Crippen LogP contribution in [0.25, 0.3) is 0 Å². The highest BCUT2D eigenvalue weighted by Crippen LogP contribution is 2.58. The fourth-order valence-electron chi connectivity index (χ4n) is 4.58. The average Bonchev–Trinajstić information content (AvgIpc) is 3.25. The zero-order chi connectivity index (χ0) is 23.5. The molecule has 2 amide bonds. The second kappa shape index (κ2) is 7.49. The van der Waals surface area contributed by atoms with Crippen LogP contribution in [0.1, 0.15) is 28.3 Å². The summed E-state index contributed by atoms with van der Waals surface area (Å²) in [5.41, 5.74) is -2.73. The Morgan fingerprint density at radius 2 is 1.76 bits per heavy atom. The Bertz CT molecular complexity index is 1350. The molecular weight excluding hydrogens is 477 g/mol. The zero-order valence-electron chi connectivity index (χ0n) is 16.7. The minimum absolute atomic E-state index is 0.0565. The van der Waals surface area contributed by atoms with E-state index in [0.717, 1.165) is 23.5 Å². The molecule has 3 heterocycles. The van der Waals surface area contributed by atoms with Gasteiger partial charge in [0.15, 0.2) is 0 Å². The highest BCUT2D eigenvalue weighted by molar-refractivity contribution is 7.99. The van der Waals surface area contributed by atoms with Crippen LogP contribution < -0.4 is 9.77 Å². The third-order valence-corrected chi connectivity index (χ3v) is 8.32. The highest BCUT2D eigenvalue weighted by atomic mass is 32.2. The zero-order valence-corrected chi connectivity index (χ0v) is 18.3. The maximum absolute atomic E-state index is 13.8. The van der Waals surface area contributed by atoms with Crippen molar-refractivity contribution in [3.05, 3.63) is 74.2 Å². The second-order valence-electron chi connectivity index (χ2n) is 7.87. The van der Waals surface area contributed by atoms with Gasteiger partial charge >= 0.3 is 11.0 Å². The lowest BCUT2D eigenvalue weighted by Gasteiger charge is -2.38. The average molecular weight is 493 g/mol. The lowest BCUT2D eigenvalue weighted by Crippen LogP contribution is -2.43. The van der Waals surface area contributed by atoms with Crippen molar-refractivity contribution < 1.29 is 27.9 Å². The predicted molar refractivity (Wildman–Crippen MR) is 117 cm³/mol. The van der Waals surface area contributed by atoms with Crippen LogP contribution in [-0.2, 0) is 15.8 Å². The Kier molecular flexibility index (Phi) is 4.94. The Labute approximate surface area is 193 Å². The quantitative estimate of drug-likeness (QED) is 0.520. The maximum Gasteiger partial charge on any atom is 0.418 e. The summed E-state index contributed by atoms with van der Waals surface area (Å²) in [7, 11) is 0. The molecule has 5 rings (SSSR count). The molecule has 1 saturated heterocycles. The summed E-state index contributed by atoms with van der Waals surface area (Å²) in [5.74, 6) is -2.49. The van der Waals surface area contributed by atoms with E-state index in [2.05, 4.69) is 4.98 Å². The number of anilines is 1. The van der Waals surface area contributed by atoms with E-state index in [0.29, 0.717) is 20.4 Å². The van der Waals surface area contributed by atoms with Crippen molar-refractivity contribution in [2.45, 2.75) is 23.5 Å². The number of carbonyl (C=O) groups excluding carboxylic acids is 2. The molecule has 2 aliphatic heterocycles. The first-order valence-electron chi connectivity index (χ1n) is 9.81. The molecule has 0 unspecified atom stereocenters. The molecule has 1 aromatic heterocycles. The number of thioether (sulfide) groups is 1. The number of carbonyl (C=O) groups is 2. The Morgan fingerprint density at radius 1 is 1.06 bits per heavy atom. The van der Waals surface area contributed by atoms with E-state index in [-0.39, 0.29) is 22.8 Å². The van der Waals surface area contributed by atoms with Gasteiger partial charge in [-0.2, -0.15) is 13.2 Å². The van der Waals surface area contributed by atoms with Gasteiger partial charge in [0.1, 0.15) is 5.75 Å². The van der Waals surface area contributed by atoms with E-state index in [1.54, 1.807) is 18.2 Å². The van der Waals surface area contributed by atoms with Gasteiger partial charge in [-0.05, 0) is 18.2 Å². The molecule has 1 fully saturated rings. The molecule has 2 N–H and O–H groups in total. The minimum Gasteiger partial charge on any atom is -0.508 e. The number of phenolic OH excluding ortho intramolecular Hbond substituents is 1. The van der Waals surface area contributed by atoms with Crippen LogP contribution >= 0.6 is 23.1 Å². The molecule has 33 heavy (non-hydrogen) atoms. The van der Waals surface area contributed by atoms with Gasteiger partial charge in [-0.15, -0.1) is 11.8 Å². The lowest BCUT2D eigenvalue weighted by atomic mass is 9.70. The van der Waals surface area contributed by atoms with Crippen molar-refractivity contribution in [1.82, 2.24) is 4.98 Å². The minimum atomic E-state index is -4.77. The van der Waals surface area contributed by atoms with Gasteiger partial charge in [-0.1, -0.05) is 41.7 Å². The van der Waals surface area contributed by atoms with Crippen molar-refractivity contribution in [1.29, 1.82) is 0 Å². The number of amides is 2. The van der Waals surface area contributed by atoms with Crippen molar-refractivity contribution >= 4 is 40.6 Å². The van der Waals surface area contributed by atoms with Gasteiger partial charge in [0.2, 0.25) is 11.8 Å². The molecule has 2 atom stereocenters. The number of hydrogen-bond acceptors (Lipinski definition) is 6. The summed E-state index contributed by atoms with van der Waals surface area (Å²) in [4.78, 5) is 42.5. The number of H-pyrrole nitrogens is 1. The van der Waals surface area contributed by atoms with Crippen LogP contribution in [-0.4, -0.2) is 27.7 Å². The highest BCUT2D eigenvalue weighted by Gasteiger charge is 2.60. The van der Waals surface area contributed by atoms with E-state index >= 15 is 0 Å². The third kappa shape index (κ3) is 3.29. The first kappa shape index (κ1) is 21.8. The number of halogens is 3. The summed E-state index contributed by atoms with van der Waals surface area (Å²) in [6.07, 6.45) is -5.12. The third-order valence-electron chi connectivity index (χ3n) is 5.97. The fourth-order valence-corrected chi connectivity index (χ4v) is 7.13. The molecule has 6 nitrogen and oxygen atoms in total. The number of nitrogens with zero attached hydrogens (tertiary/aromatic N) is 1. The first-order valence-corrected chi connectivity index (χ1v) is 11.6. The number of phenols is 1. The summed E-state index contributed by atoms with van der Waals surface area (Å²) in [5, 5.41) is 11.1. The Balaban J connectivity index is 1.70. The maximum atomic E-state index is 13.8. The number of alkyl halides is 3. The van der Waals surface area contributed by atoms with Gasteiger partial charge in [-0.25, -0.2) is 4.90 Å². The van der Waals surface area contributed by atoms with E-state index in [1.807, 2.05) is 0 Å². The molecule has 11 heteroatoms. The summed E-state index contributed by atoms with van der Waals surface area (Å²) >= 11 is 2.04. The van der Waals surface area contributed by atoms with Crippen molar-refractivity contribution in [3.8, 4) is 5.75 Å². The summed E-state index contributed by atoms with van der Waals surface area (Å²) < 4.78 is 41.0. The van der Waals surface area contributed by atoms with Gasteiger partial charge in [0.25, 0.3) is 0 Å². The van der Waals surface area contributed by atoms with Crippen LogP contribution in [0, 0.1) is 5.41 Å². The fraction of sp³-hybridized carbons (Fsp3) is 0.227. The van der Waals surface area contributed by atoms with Gasteiger partial charge in [0, 0.05) is 28.5 Å². The first-order chi connectivity index (χ1) is 15.6. The van der Waals surface area contributed by atoms with Gasteiger partial charge in [0.05, 0.1) is 21.7 Å². The molecule has 0 saturated carbocycles. The molecular formula is C22H15F3N2O4S2. The second-order valence-corrected chi connectivity index (χ2v) is 9.87. The summed E-state index contributed by atoms with van der Waals surface area (Å²) in [6.45, 7) is 0. The van der Waals surface area contributed by atoms with Crippen LogP contribution in [0.5, 0.6) is 5.75 Å². The number of hydrogen-bond donors (Lipinski definition) is 2. The molecule has 3 aromatic rings. The van der Waals surface area contributed by atoms with Crippen LogP contribution in [0.4, 0.5) is 18.9 Å². The number of rotatable bonds is 2. The van der Waals surface area contributed by atoms with Crippen LogP contribution in [0.3, 0.4) is 0 Å². The van der Waals surface area contributed by atoms with Crippen molar-refractivity contribution in [2.75, 3.05) is 10.7 Å². The number of thiazole rings is 1. The van der Waals surface area contributed by atoms with Gasteiger partial charge in [-0.3, -0.25) is 14.4 Å². The van der Waals surface area contributed by atoms with Crippen LogP contribution in [0.2, 0.25) is 0 Å². The number of para-hydroxylation sites is 2. The number of aromatic amines is 1. The monoisotopic (exact) mass is 492 g/mol. The molecule has 0 bridgehead atoms. The number of aromatic hydroxyl groups is 1. The topological polar surface area (TPSA) is 90.5 Å². The number of nitrogens with one attached hydrogen (secondary N) is 1. The number of aromatic nitrogens is 1. The molecule has 170 valence electrons. The molecule has 0 radical (unpaired) electrons. The van der Waals surface area contributed by atoms with E-state index in [1.165, 1.54) is 30.0 Å². The molecule has 1 spiro atoms. The van der Waals surface area contributed by atoms with Crippen molar-refractivity contribution in [2.24, 2.45) is 5.41 Å². The van der Waals surface area contributed by atoms with E-state index < -0.39 is 40.6 Å². The predicted octanol–water partition coefficient (Wildman–Crippen LogP) is 4.35. The van der Waals surface area contributed by atoms with Crippen molar-refractivity contribution in [3.63, 3.8) is 0 Å². The van der Waals surface area contributed by atoms with Gasteiger partial charge < -0.3 is 10.1 Å². The summed E-state index contributed by atoms with van der Waals surface area (Å²) in [6, 6.07) is 10.7. The lowest BCUT2D eigenvalue weighted by molar-refractivity contribution is -0.137. The largest absolute Gasteiger partial charge is 0.508 e. The molecule has 0 aliphatic carbocycles. The standard InChI is InChI=1S/C22H15F3N2O4S2/c23-22(24,25)12-6-2-3-7-13(12)27-15(29)9-21(19(27)30)10-32-18-17(33-20(31)26-18)16(21)11-5-1-4-8-14(11)28/h1-8,16,28H,9-10H2,(H,26,31)/t16-,21-/m1/s1. The molecule has 2 aromatic carbocycles. The number of imide groups is 1. The van der Waals surface area contributed by atoms with E-state index in [9.17, 15) is 32.7 Å². The van der Waals surface area contributed by atoms with E-state index in [4.69, 9.17) is 0 Å². The SMILES string of the molecule is O=C1C[C@]2(CSc3[nH]c(=O)sc3[C@H]2c2ccccc2O)C(=O)N1c1ccccc1C(F)(F)F. The molecule has 2 aliphatic rings. The smallest absolute Gasteiger partial charge is 0.418 e. The normalized spacial score (nSPS) is 22.8. The Hall–Kier alpha value is -3.05. The Morgan fingerprint density at radius 3 is 2.48 bits per heavy atom. The number of benzene rings is 2.